The Morgan fingerprint density at radius 3 is 2.70 bits per heavy atom. The number of anilines is 2. The van der Waals surface area contributed by atoms with Crippen LogP contribution in [0.3, 0.4) is 0 Å². The van der Waals surface area contributed by atoms with Gasteiger partial charge in [0, 0.05) is 18.4 Å². The molecule has 0 aliphatic heterocycles. The number of ether oxygens (including phenoxy) is 1. The molecule has 1 heterocycles. The van der Waals surface area contributed by atoms with Crippen molar-refractivity contribution >= 4 is 40.1 Å². The van der Waals surface area contributed by atoms with Crippen molar-refractivity contribution in [2.75, 3.05) is 4.90 Å². The molecular formula is C24H24N2O3S. The minimum absolute atomic E-state index is 0.0503. The number of carbonyl (C=O) groups is 2. The lowest BCUT2D eigenvalue weighted by Gasteiger charge is -2.20. The molecule has 3 rings (SSSR count). The third-order valence-corrected chi connectivity index (χ3v) is 5.35. The predicted octanol–water partition coefficient (Wildman–Crippen LogP) is 5.46. The van der Waals surface area contributed by atoms with Gasteiger partial charge in [-0.25, -0.2) is 9.78 Å². The fraction of sp³-hybridized carbons (Fsp3) is 0.208. The summed E-state index contributed by atoms with van der Waals surface area (Å²) in [7, 11) is 0. The summed E-state index contributed by atoms with van der Waals surface area (Å²) < 4.78 is 5.30. The van der Waals surface area contributed by atoms with Crippen molar-refractivity contribution in [3.63, 3.8) is 0 Å². The van der Waals surface area contributed by atoms with E-state index in [4.69, 9.17) is 4.74 Å². The molecule has 0 aliphatic carbocycles. The lowest BCUT2D eigenvalue weighted by atomic mass is 10.1. The Hall–Kier alpha value is -3.25. The fourth-order valence-corrected chi connectivity index (χ4v) is 3.90. The Kier molecular flexibility index (Phi) is 7.14. The maximum Gasteiger partial charge on any atom is 0.331 e. The van der Waals surface area contributed by atoms with Gasteiger partial charge in [-0.05, 0) is 36.6 Å². The van der Waals surface area contributed by atoms with Crippen LogP contribution in [0.2, 0.25) is 0 Å². The molecule has 2 aromatic carbocycles. The molecule has 1 amide bonds. The van der Waals surface area contributed by atoms with Crippen molar-refractivity contribution in [2.45, 2.75) is 33.8 Å². The Balaban J connectivity index is 1.67. The molecule has 0 radical (unpaired) electrons. The van der Waals surface area contributed by atoms with E-state index in [-0.39, 0.29) is 12.5 Å². The Morgan fingerprint density at radius 2 is 1.97 bits per heavy atom. The summed E-state index contributed by atoms with van der Waals surface area (Å²) in [5, 5.41) is 2.36. The van der Waals surface area contributed by atoms with E-state index in [1.54, 1.807) is 16.4 Å². The van der Waals surface area contributed by atoms with Crippen LogP contribution in [-0.4, -0.2) is 16.9 Å². The van der Waals surface area contributed by atoms with Crippen molar-refractivity contribution in [3.8, 4) is 0 Å². The van der Waals surface area contributed by atoms with Gasteiger partial charge in [0.25, 0.3) is 0 Å². The van der Waals surface area contributed by atoms with E-state index in [1.165, 1.54) is 24.3 Å². The molecular weight excluding hydrogens is 396 g/mol. The number of rotatable bonds is 7. The minimum atomic E-state index is -0.439. The molecule has 0 atom stereocenters. The molecule has 0 unspecified atom stereocenters. The number of para-hydroxylation sites is 1. The van der Waals surface area contributed by atoms with E-state index < -0.39 is 5.97 Å². The van der Waals surface area contributed by atoms with E-state index in [0.29, 0.717) is 10.8 Å². The van der Waals surface area contributed by atoms with Crippen molar-refractivity contribution in [3.05, 3.63) is 82.4 Å². The van der Waals surface area contributed by atoms with Crippen LogP contribution in [0.5, 0.6) is 0 Å². The van der Waals surface area contributed by atoms with Gasteiger partial charge in [0.1, 0.15) is 6.61 Å². The van der Waals surface area contributed by atoms with Crippen LogP contribution in [0.15, 0.2) is 60.0 Å². The van der Waals surface area contributed by atoms with Gasteiger partial charge in [-0.3, -0.25) is 9.69 Å². The number of aromatic nitrogens is 1. The van der Waals surface area contributed by atoms with Crippen LogP contribution >= 0.6 is 11.3 Å². The molecule has 1 aromatic heterocycles. The molecule has 0 saturated carbocycles. The zero-order valence-electron chi connectivity index (χ0n) is 17.3. The van der Waals surface area contributed by atoms with Gasteiger partial charge in [0.2, 0.25) is 5.91 Å². The number of hydrogen-bond acceptors (Lipinski definition) is 5. The first-order chi connectivity index (χ1) is 14.5. The largest absolute Gasteiger partial charge is 0.456 e. The summed E-state index contributed by atoms with van der Waals surface area (Å²) in [6.45, 7) is 5.62. The summed E-state index contributed by atoms with van der Waals surface area (Å²) in [5.74, 6) is -0.555. The molecule has 3 aromatic rings. The average molecular weight is 421 g/mol. The van der Waals surface area contributed by atoms with E-state index >= 15 is 0 Å². The average Bonchev–Trinajstić information content (AvgIpc) is 3.19. The van der Waals surface area contributed by atoms with Crippen LogP contribution < -0.4 is 4.90 Å². The third-order valence-electron chi connectivity index (χ3n) is 4.48. The fourth-order valence-electron chi connectivity index (χ4n) is 3.03. The minimum Gasteiger partial charge on any atom is -0.456 e. The molecule has 0 aliphatic rings. The van der Waals surface area contributed by atoms with E-state index in [9.17, 15) is 9.59 Å². The summed E-state index contributed by atoms with van der Waals surface area (Å²) in [6.07, 6.45) is 3.94. The number of amides is 1. The summed E-state index contributed by atoms with van der Waals surface area (Å²) in [6, 6.07) is 15.6. The molecule has 5 nitrogen and oxygen atoms in total. The zero-order valence-corrected chi connectivity index (χ0v) is 18.1. The first kappa shape index (κ1) is 21.5. The SMILES string of the molecule is CCc1ccccc1N(C(C)=O)c1nc(COC(=O)/C=C/c2cccc(C)c2)cs1. The topological polar surface area (TPSA) is 59.5 Å². The third kappa shape index (κ3) is 5.42. The highest BCUT2D eigenvalue weighted by Gasteiger charge is 2.20. The van der Waals surface area contributed by atoms with E-state index in [1.807, 2.05) is 62.4 Å². The van der Waals surface area contributed by atoms with Gasteiger partial charge >= 0.3 is 5.97 Å². The number of thiazole rings is 1. The van der Waals surface area contributed by atoms with Crippen LogP contribution in [0.4, 0.5) is 10.8 Å². The lowest BCUT2D eigenvalue weighted by molar-refractivity contribution is -0.139. The number of hydrogen-bond donors (Lipinski definition) is 0. The van der Waals surface area contributed by atoms with Gasteiger partial charge in [0.05, 0.1) is 11.4 Å². The number of benzene rings is 2. The number of esters is 1. The Bertz CT molecular complexity index is 1070. The van der Waals surface area contributed by atoms with Crippen LogP contribution in [0, 0.1) is 6.92 Å². The molecule has 0 bridgehead atoms. The van der Waals surface area contributed by atoms with Gasteiger partial charge in [-0.2, -0.15) is 0 Å². The van der Waals surface area contributed by atoms with Crippen LogP contribution in [0.1, 0.15) is 36.2 Å². The number of carbonyl (C=O) groups excluding carboxylic acids is 2. The second-order valence-corrected chi connectivity index (χ2v) is 7.65. The number of nitrogens with zero attached hydrogens (tertiary/aromatic N) is 2. The molecule has 154 valence electrons. The maximum absolute atomic E-state index is 12.3. The Morgan fingerprint density at radius 1 is 1.17 bits per heavy atom. The van der Waals surface area contributed by atoms with Crippen LogP contribution in [-0.2, 0) is 27.4 Å². The Labute approximate surface area is 180 Å². The second-order valence-electron chi connectivity index (χ2n) is 6.81. The standard InChI is InChI=1S/C24H24N2O3S/c1-4-20-10-5-6-11-22(20)26(18(3)27)24-25-21(16-30-24)15-29-23(28)13-12-19-9-7-8-17(2)14-19/h5-14,16H,4,15H2,1-3H3/b13-12+. The first-order valence-electron chi connectivity index (χ1n) is 9.72. The molecule has 6 heteroatoms. The summed E-state index contributed by atoms with van der Waals surface area (Å²) in [4.78, 5) is 30.5. The highest BCUT2D eigenvalue weighted by molar-refractivity contribution is 7.14. The number of aryl methyl sites for hydroxylation is 2. The molecule has 30 heavy (non-hydrogen) atoms. The van der Waals surface area contributed by atoms with Crippen molar-refractivity contribution < 1.29 is 14.3 Å². The van der Waals surface area contributed by atoms with Crippen molar-refractivity contribution in [1.82, 2.24) is 4.98 Å². The smallest absolute Gasteiger partial charge is 0.331 e. The quantitative estimate of drug-likeness (QED) is 0.376. The van der Waals surface area contributed by atoms with Crippen molar-refractivity contribution in [1.29, 1.82) is 0 Å². The maximum atomic E-state index is 12.3. The zero-order chi connectivity index (χ0) is 21.5. The van der Waals surface area contributed by atoms with E-state index in [2.05, 4.69) is 4.98 Å². The van der Waals surface area contributed by atoms with Gasteiger partial charge < -0.3 is 4.74 Å². The predicted molar refractivity (Wildman–Crippen MR) is 121 cm³/mol. The van der Waals surface area contributed by atoms with Crippen LogP contribution in [0.25, 0.3) is 6.08 Å². The first-order valence-corrected chi connectivity index (χ1v) is 10.6. The molecule has 0 N–H and O–H groups in total. The van der Waals surface area contributed by atoms with Gasteiger partial charge in [-0.1, -0.05) is 55.0 Å². The molecule has 0 fully saturated rings. The molecule has 0 spiro atoms. The summed E-state index contributed by atoms with van der Waals surface area (Å²) in [5.41, 5.74) is 4.56. The lowest BCUT2D eigenvalue weighted by Crippen LogP contribution is -2.23. The highest BCUT2D eigenvalue weighted by atomic mass is 32.1. The second kappa shape index (κ2) is 9.98. The van der Waals surface area contributed by atoms with Crippen molar-refractivity contribution in [2.24, 2.45) is 0 Å². The highest BCUT2D eigenvalue weighted by Crippen LogP contribution is 2.31. The normalized spacial score (nSPS) is 10.9. The van der Waals surface area contributed by atoms with E-state index in [0.717, 1.165) is 28.8 Å². The van der Waals surface area contributed by atoms with Gasteiger partial charge in [0.15, 0.2) is 5.13 Å². The summed E-state index contributed by atoms with van der Waals surface area (Å²) >= 11 is 1.35. The van der Waals surface area contributed by atoms with Gasteiger partial charge in [-0.15, -0.1) is 11.3 Å². The molecule has 0 saturated heterocycles. The monoisotopic (exact) mass is 420 g/mol.